The number of nitrogens with zero attached hydrogens (tertiary/aromatic N) is 4. The topological polar surface area (TPSA) is 69.5 Å². The Balaban J connectivity index is 1.75. The van der Waals surface area contributed by atoms with Crippen LogP contribution in [0.5, 0.6) is 5.88 Å². The molecule has 1 amide bonds. The molecule has 1 fully saturated rings. The largest absolute Gasteiger partial charge is 0.480 e. The Kier molecular flexibility index (Phi) is 5.07. The Labute approximate surface area is 167 Å². The number of amides is 1. The molecule has 1 unspecified atom stereocenters. The van der Waals surface area contributed by atoms with Crippen molar-refractivity contribution in [1.29, 1.82) is 0 Å². The first-order chi connectivity index (χ1) is 13.5. The van der Waals surface area contributed by atoms with Crippen molar-refractivity contribution in [1.82, 2.24) is 19.4 Å². The third kappa shape index (κ3) is 3.06. The van der Waals surface area contributed by atoms with E-state index in [1.54, 1.807) is 14.2 Å². The molecule has 1 atom stereocenters. The Morgan fingerprint density at radius 3 is 2.86 bits per heavy atom. The Morgan fingerprint density at radius 1 is 1.36 bits per heavy atom. The van der Waals surface area contributed by atoms with Crippen molar-refractivity contribution in [2.75, 3.05) is 20.8 Å². The van der Waals surface area contributed by atoms with Gasteiger partial charge in [-0.3, -0.25) is 4.79 Å². The SMILES string of the molecule is COCc1nc(OC)c2c(C)c(C(=O)N3CCCC3c3cccn3C)sc2n1. The van der Waals surface area contributed by atoms with Gasteiger partial charge in [-0.25, -0.2) is 4.98 Å². The summed E-state index contributed by atoms with van der Waals surface area (Å²) in [6.07, 6.45) is 4.01. The number of thiophene rings is 1. The fourth-order valence-electron chi connectivity index (χ4n) is 3.96. The minimum absolute atomic E-state index is 0.0551. The first kappa shape index (κ1) is 18.9. The molecule has 28 heavy (non-hydrogen) atoms. The van der Waals surface area contributed by atoms with Crippen LogP contribution in [0, 0.1) is 6.92 Å². The highest BCUT2D eigenvalue weighted by atomic mass is 32.1. The molecule has 0 spiro atoms. The summed E-state index contributed by atoms with van der Waals surface area (Å²) in [7, 11) is 5.22. The first-order valence-electron chi connectivity index (χ1n) is 9.30. The van der Waals surface area contributed by atoms with Gasteiger partial charge in [0.1, 0.15) is 11.4 Å². The highest BCUT2D eigenvalue weighted by Crippen LogP contribution is 2.39. The second kappa shape index (κ2) is 7.52. The van der Waals surface area contributed by atoms with Crippen molar-refractivity contribution >= 4 is 27.5 Å². The van der Waals surface area contributed by atoms with E-state index in [1.807, 2.05) is 31.1 Å². The summed E-state index contributed by atoms with van der Waals surface area (Å²) in [6, 6.07) is 4.23. The van der Waals surface area contributed by atoms with Gasteiger partial charge >= 0.3 is 0 Å². The zero-order chi connectivity index (χ0) is 19.8. The summed E-state index contributed by atoms with van der Waals surface area (Å²) in [5.74, 6) is 1.10. The molecular formula is C20H24N4O3S. The van der Waals surface area contributed by atoms with E-state index >= 15 is 0 Å². The first-order valence-corrected chi connectivity index (χ1v) is 10.1. The van der Waals surface area contributed by atoms with Gasteiger partial charge in [-0.2, -0.15) is 4.98 Å². The summed E-state index contributed by atoms with van der Waals surface area (Å²) in [5, 5.41) is 0.810. The van der Waals surface area contributed by atoms with Crippen LogP contribution in [0.2, 0.25) is 0 Å². The minimum Gasteiger partial charge on any atom is -0.480 e. The number of carbonyl (C=O) groups is 1. The monoisotopic (exact) mass is 400 g/mol. The van der Waals surface area contributed by atoms with E-state index in [4.69, 9.17) is 9.47 Å². The van der Waals surface area contributed by atoms with Crippen LogP contribution in [0.25, 0.3) is 10.2 Å². The molecule has 0 radical (unpaired) electrons. The average Bonchev–Trinajstić information content (AvgIpc) is 3.39. The van der Waals surface area contributed by atoms with Gasteiger partial charge in [0.05, 0.1) is 23.4 Å². The van der Waals surface area contributed by atoms with Gasteiger partial charge < -0.3 is 18.9 Å². The lowest BCUT2D eigenvalue weighted by Crippen LogP contribution is -2.31. The van der Waals surface area contributed by atoms with Crippen LogP contribution in [0.15, 0.2) is 18.3 Å². The van der Waals surface area contributed by atoms with Crippen LogP contribution in [-0.4, -0.2) is 46.1 Å². The Bertz CT molecular complexity index is 1030. The minimum atomic E-state index is 0.0551. The van der Waals surface area contributed by atoms with Crippen molar-refractivity contribution in [2.45, 2.75) is 32.4 Å². The second-order valence-electron chi connectivity index (χ2n) is 7.02. The fourth-order valence-corrected chi connectivity index (χ4v) is 5.10. The van der Waals surface area contributed by atoms with Gasteiger partial charge in [0.2, 0.25) is 5.88 Å². The van der Waals surface area contributed by atoms with E-state index in [0.29, 0.717) is 23.2 Å². The molecule has 0 aromatic carbocycles. The predicted molar refractivity (Wildman–Crippen MR) is 108 cm³/mol. The van der Waals surface area contributed by atoms with Gasteiger partial charge in [-0.05, 0) is 37.5 Å². The van der Waals surface area contributed by atoms with Crippen molar-refractivity contribution in [3.8, 4) is 5.88 Å². The molecule has 0 N–H and O–H groups in total. The maximum Gasteiger partial charge on any atom is 0.264 e. The lowest BCUT2D eigenvalue weighted by molar-refractivity contribution is 0.0735. The van der Waals surface area contributed by atoms with Gasteiger partial charge in [-0.1, -0.05) is 0 Å². The predicted octanol–water partition coefficient (Wildman–Crippen LogP) is 3.47. The maximum absolute atomic E-state index is 13.5. The normalized spacial score (nSPS) is 16.9. The molecular weight excluding hydrogens is 376 g/mol. The van der Waals surface area contributed by atoms with E-state index in [2.05, 4.69) is 20.6 Å². The standard InChI is InChI=1S/C20H24N4O3S/c1-12-16-18(27-4)21-15(11-26-3)22-19(16)28-17(12)20(25)24-10-6-8-14(24)13-7-5-9-23(13)2/h5,7,9,14H,6,8,10-11H2,1-4H3. The van der Waals surface area contributed by atoms with Crippen LogP contribution in [-0.2, 0) is 18.4 Å². The molecule has 0 saturated carbocycles. The molecule has 4 heterocycles. The molecule has 1 aliphatic heterocycles. The quantitative estimate of drug-likeness (QED) is 0.656. The smallest absolute Gasteiger partial charge is 0.264 e. The van der Waals surface area contributed by atoms with Crippen molar-refractivity contribution in [2.24, 2.45) is 7.05 Å². The van der Waals surface area contributed by atoms with Crippen molar-refractivity contribution < 1.29 is 14.3 Å². The number of ether oxygens (including phenoxy) is 2. The molecule has 3 aromatic rings. The van der Waals surface area contributed by atoms with Crippen LogP contribution >= 0.6 is 11.3 Å². The number of methoxy groups -OCH3 is 2. The third-order valence-electron chi connectivity index (χ3n) is 5.30. The molecule has 4 rings (SSSR count). The lowest BCUT2D eigenvalue weighted by Gasteiger charge is -2.25. The number of fused-ring (bicyclic) bond motifs is 1. The van der Waals surface area contributed by atoms with Gasteiger partial charge in [0.25, 0.3) is 5.91 Å². The highest BCUT2D eigenvalue weighted by Gasteiger charge is 2.34. The molecule has 3 aromatic heterocycles. The lowest BCUT2D eigenvalue weighted by atomic mass is 10.1. The zero-order valence-electron chi connectivity index (χ0n) is 16.6. The fraction of sp³-hybridized carbons (Fsp3) is 0.450. The van der Waals surface area contributed by atoms with Gasteiger partial charge in [0, 0.05) is 32.6 Å². The van der Waals surface area contributed by atoms with Gasteiger partial charge in [-0.15, -0.1) is 11.3 Å². The number of aryl methyl sites for hydroxylation is 2. The van der Waals surface area contributed by atoms with Gasteiger partial charge in [0.15, 0.2) is 5.82 Å². The van der Waals surface area contributed by atoms with E-state index in [1.165, 1.54) is 17.0 Å². The molecule has 0 bridgehead atoms. The summed E-state index contributed by atoms with van der Waals surface area (Å²) in [5.41, 5.74) is 2.05. The molecule has 1 saturated heterocycles. The number of carbonyl (C=O) groups excluding carboxylic acids is 1. The zero-order valence-corrected chi connectivity index (χ0v) is 17.4. The molecule has 148 valence electrons. The van der Waals surface area contributed by atoms with E-state index < -0.39 is 0 Å². The number of aromatic nitrogens is 3. The number of rotatable bonds is 5. The Hall–Kier alpha value is -2.45. The maximum atomic E-state index is 13.5. The van der Waals surface area contributed by atoms with Crippen LogP contribution in [0.3, 0.4) is 0 Å². The number of hydrogen-bond donors (Lipinski definition) is 0. The van der Waals surface area contributed by atoms with Crippen LogP contribution < -0.4 is 4.74 Å². The molecule has 7 nitrogen and oxygen atoms in total. The summed E-state index contributed by atoms with van der Waals surface area (Å²) >= 11 is 1.41. The van der Waals surface area contributed by atoms with Crippen molar-refractivity contribution in [3.05, 3.63) is 40.3 Å². The summed E-state index contributed by atoms with van der Waals surface area (Å²) in [6.45, 7) is 3.01. The molecule has 0 aliphatic carbocycles. The Morgan fingerprint density at radius 2 is 2.18 bits per heavy atom. The van der Waals surface area contributed by atoms with Crippen LogP contribution in [0.4, 0.5) is 0 Å². The number of hydrogen-bond acceptors (Lipinski definition) is 6. The highest BCUT2D eigenvalue weighted by molar-refractivity contribution is 7.20. The third-order valence-corrected chi connectivity index (χ3v) is 6.48. The molecule has 1 aliphatic rings. The van der Waals surface area contributed by atoms with Crippen molar-refractivity contribution in [3.63, 3.8) is 0 Å². The van der Waals surface area contributed by atoms with E-state index in [-0.39, 0.29) is 11.9 Å². The van der Waals surface area contributed by atoms with Crippen LogP contribution in [0.1, 0.15) is 45.6 Å². The average molecular weight is 401 g/mol. The second-order valence-corrected chi connectivity index (χ2v) is 8.02. The summed E-state index contributed by atoms with van der Waals surface area (Å²) < 4.78 is 12.7. The van der Waals surface area contributed by atoms with E-state index in [9.17, 15) is 4.79 Å². The molecule has 8 heteroatoms. The number of likely N-dealkylation sites (tertiary alicyclic amines) is 1. The van der Waals surface area contributed by atoms with E-state index in [0.717, 1.165) is 35.2 Å². The summed E-state index contributed by atoms with van der Waals surface area (Å²) in [4.78, 5) is 25.9.